The van der Waals surface area contributed by atoms with Crippen molar-refractivity contribution in [2.45, 2.75) is 25.7 Å². The zero-order valence-corrected chi connectivity index (χ0v) is 18.6. The van der Waals surface area contributed by atoms with Crippen LogP contribution in [0.15, 0.2) is 48.5 Å². The van der Waals surface area contributed by atoms with Crippen molar-refractivity contribution in [1.29, 1.82) is 0 Å². The first-order valence-corrected chi connectivity index (χ1v) is 11.2. The number of urea groups is 1. The third kappa shape index (κ3) is 4.36. The fourth-order valence-electron chi connectivity index (χ4n) is 3.74. The summed E-state index contributed by atoms with van der Waals surface area (Å²) in [5.41, 5.74) is 4.40. The standard InChI is InChI=1S/C23H24ClN3O2S/c1-15-3-5-17(6-4-15)21-20(16-7-9-19(24)10-8-16)25-22(30-21)18-11-13-27(14-12-18)23(28)26(2)29/h3-10,18,29H,11-14H2,1-2H3. The van der Waals surface area contributed by atoms with Crippen molar-refractivity contribution in [1.82, 2.24) is 14.9 Å². The van der Waals surface area contributed by atoms with Gasteiger partial charge in [-0.25, -0.2) is 14.8 Å². The maximum atomic E-state index is 12.0. The summed E-state index contributed by atoms with van der Waals surface area (Å²) in [7, 11) is 1.36. The van der Waals surface area contributed by atoms with Crippen LogP contribution in [0.2, 0.25) is 5.02 Å². The number of likely N-dealkylation sites (tertiary alicyclic amines) is 1. The van der Waals surface area contributed by atoms with Gasteiger partial charge in [0.05, 0.1) is 15.6 Å². The maximum absolute atomic E-state index is 12.0. The van der Waals surface area contributed by atoms with E-state index < -0.39 is 0 Å². The Morgan fingerprint density at radius 1 is 1.10 bits per heavy atom. The van der Waals surface area contributed by atoms with E-state index in [1.165, 1.54) is 12.6 Å². The molecular weight excluding hydrogens is 418 g/mol. The average molecular weight is 442 g/mol. The lowest BCUT2D eigenvalue weighted by molar-refractivity contribution is -0.0356. The van der Waals surface area contributed by atoms with Gasteiger partial charge in [0.1, 0.15) is 0 Å². The van der Waals surface area contributed by atoms with E-state index in [2.05, 4.69) is 31.2 Å². The number of halogens is 1. The normalized spacial score (nSPS) is 14.7. The minimum atomic E-state index is -0.352. The van der Waals surface area contributed by atoms with E-state index in [0.29, 0.717) is 29.1 Å². The first-order chi connectivity index (χ1) is 14.4. The van der Waals surface area contributed by atoms with Crippen LogP contribution in [0.4, 0.5) is 4.79 Å². The number of thiazole rings is 1. The molecule has 0 bridgehead atoms. The third-order valence-corrected chi connectivity index (χ3v) is 6.99. The van der Waals surface area contributed by atoms with Gasteiger partial charge in [-0.2, -0.15) is 0 Å². The lowest BCUT2D eigenvalue weighted by Gasteiger charge is -2.32. The molecule has 1 fully saturated rings. The maximum Gasteiger partial charge on any atom is 0.343 e. The summed E-state index contributed by atoms with van der Waals surface area (Å²) in [6.45, 7) is 3.31. The molecule has 3 aromatic rings. The summed E-state index contributed by atoms with van der Waals surface area (Å²) < 4.78 is 0. The molecule has 156 valence electrons. The summed E-state index contributed by atoms with van der Waals surface area (Å²) in [5.74, 6) is 0.299. The molecule has 1 aliphatic heterocycles. The monoisotopic (exact) mass is 441 g/mol. The van der Waals surface area contributed by atoms with Gasteiger partial charge in [-0.1, -0.05) is 53.6 Å². The Hall–Kier alpha value is -2.41. The van der Waals surface area contributed by atoms with E-state index in [9.17, 15) is 10.0 Å². The molecule has 0 aliphatic carbocycles. The van der Waals surface area contributed by atoms with E-state index >= 15 is 0 Å². The first kappa shape index (κ1) is 20.8. The quantitative estimate of drug-likeness (QED) is 0.397. The van der Waals surface area contributed by atoms with E-state index in [1.54, 1.807) is 16.2 Å². The fraction of sp³-hybridized carbons (Fsp3) is 0.304. The van der Waals surface area contributed by atoms with Gasteiger partial charge < -0.3 is 4.90 Å². The minimum absolute atomic E-state index is 0.299. The molecule has 1 N–H and O–H groups in total. The van der Waals surface area contributed by atoms with Crippen molar-refractivity contribution in [3.05, 3.63) is 64.1 Å². The van der Waals surface area contributed by atoms with Gasteiger partial charge in [0.15, 0.2) is 0 Å². The number of aromatic nitrogens is 1. The average Bonchev–Trinajstić information content (AvgIpc) is 3.19. The summed E-state index contributed by atoms with van der Waals surface area (Å²) in [4.78, 5) is 19.9. The van der Waals surface area contributed by atoms with E-state index in [-0.39, 0.29) is 6.03 Å². The number of benzene rings is 2. The fourth-order valence-corrected chi connectivity index (χ4v) is 5.13. The largest absolute Gasteiger partial charge is 0.343 e. The number of hydroxylamine groups is 2. The van der Waals surface area contributed by atoms with Gasteiger partial charge in [-0.05, 0) is 37.5 Å². The van der Waals surface area contributed by atoms with Gasteiger partial charge in [-0.15, -0.1) is 11.3 Å². The molecule has 0 unspecified atom stereocenters. The van der Waals surface area contributed by atoms with Crippen molar-refractivity contribution in [3.63, 3.8) is 0 Å². The Labute approximate surface area is 185 Å². The predicted molar refractivity (Wildman–Crippen MR) is 121 cm³/mol. The number of aryl methyl sites for hydroxylation is 1. The van der Waals surface area contributed by atoms with E-state index in [0.717, 1.165) is 39.5 Å². The second kappa shape index (κ2) is 8.76. The highest BCUT2D eigenvalue weighted by molar-refractivity contribution is 7.15. The number of hydrogen-bond acceptors (Lipinski definition) is 4. The molecule has 2 heterocycles. The van der Waals surface area contributed by atoms with Gasteiger partial charge in [-0.3, -0.25) is 5.21 Å². The molecule has 2 aromatic carbocycles. The third-order valence-electron chi connectivity index (χ3n) is 5.47. The Bertz CT molecular complexity index is 961. The molecule has 5 nitrogen and oxygen atoms in total. The second-order valence-corrected chi connectivity index (χ2v) is 9.14. The van der Waals surface area contributed by atoms with Crippen LogP contribution >= 0.6 is 22.9 Å². The zero-order valence-electron chi connectivity index (χ0n) is 17.0. The van der Waals surface area contributed by atoms with Crippen molar-refractivity contribution in [2.24, 2.45) is 0 Å². The lowest BCUT2D eigenvalue weighted by atomic mass is 9.97. The highest BCUT2D eigenvalue weighted by atomic mass is 35.5. The molecule has 0 radical (unpaired) electrons. The molecule has 0 atom stereocenters. The zero-order chi connectivity index (χ0) is 21.3. The highest BCUT2D eigenvalue weighted by Crippen LogP contribution is 2.41. The lowest BCUT2D eigenvalue weighted by Crippen LogP contribution is -2.43. The Morgan fingerprint density at radius 3 is 2.30 bits per heavy atom. The molecular formula is C23H24ClN3O2S. The van der Waals surface area contributed by atoms with Crippen molar-refractivity contribution in [3.8, 4) is 21.7 Å². The van der Waals surface area contributed by atoms with Crippen LogP contribution in [0.5, 0.6) is 0 Å². The molecule has 30 heavy (non-hydrogen) atoms. The van der Waals surface area contributed by atoms with Gasteiger partial charge in [0, 0.05) is 36.6 Å². The van der Waals surface area contributed by atoms with Crippen LogP contribution in [-0.4, -0.2) is 46.3 Å². The molecule has 1 aliphatic rings. The molecule has 0 spiro atoms. The highest BCUT2D eigenvalue weighted by Gasteiger charge is 2.28. The molecule has 1 saturated heterocycles. The van der Waals surface area contributed by atoms with E-state index in [1.807, 2.05) is 24.3 Å². The smallest absolute Gasteiger partial charge is 0.323 e. The SMILES string of the molecule is Cc1ccc(-c2sc(C3CCN(C(=O)N(C)O)CC3)nc2-c2ccc(Cl)cc2)cc1. The number of rotatable bonds is 3. The number of hydrogen-bond donors (Lipinski definition) is 1. The number of amides is 2. The van der Waals surface area contributed by atoms with Crippen LogP contribution in [0.25, 0.3) is 21.7 Å². The van der Waals surface area contributed by atoms with Gasteiger partial charge in [0.25, 0.3) is 0 Å². The number of nitrogens with zero attached hydrogens (tertiary/aromatic N) is 3. The van der Waals surface area contributed by atoms with Crippen LogP contribution in [0, 0.1) is 6.92 Å². The summed E-state index contributed by atoms with van der Waals surface area (Å²) >= 11 is 7.82. The Balaban J connectivity index is 1.65. The van der Waals surface area contributed by atoms with Crippen molar-refractivity contribution in [2.75, 3.05) is 20.1 Å². The molecule has 2 amide bonds. The van der Waals surface area contributed by atoms with Crippen LogP contribution in [0.3, 0.4) is 0 Å². The summed E-state index contributed by atoms with van der Waals surface area (Å²) in [6.07, 6.45) is 1.67. The summed E-state index contributed by atoms with van der Waals surface area (Å²) in [5, 5.41) is 11.9. The summed E-state index contributed by atoms with van der Waals surface area (Å²) in [6, 6.07) is 16.0. The van der Waals surface area contributed by atoms with E-state index in [4.69, 9.17) is 16.6 Å². The minimum Gasteiger partial charge on any atom is -0.323 e. The molecule has 0 saturated carbocycles. The van der Waals surface area contributed by atoms with Crippen molar-refractivity contribution >= 4 is 29.0 Å². The topological polar surface area (TPSA) is 56.7 Å². The van der Waals surface area contributed by atoms with Crippen molar-refractivity contribution < 1.29 is 10.0 Å². The first-order valence-electron chi connectivity index (χ1n) is 9.97. The molecule has 1 aromatic heterocycles. The van der Waals surface area contributed by atoms with Crippen LogP contribution in [-0.2, 0) is 0 Å². The van der Waals surface area contributed by atoms with Crippen LogP contribution in [0.1, 0.15) is 29.3 Å². The Morgan fingerprint density at radius 2 is 1.70 bits per heavy atom. The number of carbonyl (C=O) groups is 1. The number of carbonyl (C=O) groups excluding carboxylic acids is 1. The molecule has 7 heteroatoms. The predicted octanol–water partition coefficient (Wildman–Crippen LogP) is 6.06. The van der Waals surface area contributed by atoms with Gasteiger partial charge in [0.2, 0.25) is 0 Å². The van der Waals surface area contributed by atoms with Gasteiger partial charge >= 0.3 is 6.03 Å². The number of piperidine rings is 1. The molecule has 4 rings (SSSR count). The van der Waals surface area contributed by atoms with Crippen LogP contribution < -0.4 is 0 Å². The second-order valence-electron chi connectivity index (χ2n) is 7.67. The Kier molecular flexibility index (Phi) is 6.09.